The summed E-state index contributed by atoms with van der Waals surface area (Å²) in [6, 6.07) is 3.18. The lowest BCUT2D eigenvalue weighted by molar-refractivity contribution is -0.385. The average molecular weight is 259 g/mol. The van der Waals surface area contributed by atoms with Gasteiger partial charge in [-0.1, -0.05) is 29.8 Å². The molecule has 2 atom stereocenters. The summed E-state index contributed by atoms with van der Waals surface area (Å²) in [6.45, 7) is 4.04. The van der Waals surface area contributed by atoms with Crippen LogP contribution in [-0.4, -0.2) is 14.7 Å². The molecule has 76 valence electrons. The standard InChI is InChI=1S/C9H11BrN2O2/c1-6(7(2)10)9-4-3-8(5-11-9)12(13)14/h3-7H,1-2H3. The molecule has 0 aliphatic heterocycles. The Morgan fingerprint density at radius 3 is 2.50 bits per heavy atom. The van der Waals surface area contributed by atoms with Crippen molar-refractivity contribution < 1.29 is 4.92 Å². The molecule has 0 amide bonds. The summed E-state index contributed by atoms with van der Waals surface area (Å²) in [7, 11) is 0. The SMILES string of the molecule is CC(Br)C(C)c1ccc([N+](=O)[O-])cn1. The molecule has 0 fully saturated rings. The lowest BCUT2D eigenvalue weighted by Gasteiger charge is -2.12. The van der Waals surface area contributed by atoms with E-state index in [9.17, 15) is 10.1 Å². The highest BCUT2D eigenvalue weighted by molar-refractivity contribution is 9.09. The molecule has 2 unspecified atom stereocenters. The summed E-state index contributed by atoms with van der Waals surface area (Å²) >= 11 is 3.45. The maximum atomic E-state index is 10.4. The number of hydrogen-bond donors (Lipinski definition) is 0. The Kier molecular flexibility index (Phi) is 3.57. The molecule has 0 radical (unpaired) electrons. The highest BCUT2D eigenvalue weighted by Gasteiger charge is 2.14. The van der Waals surface area contributed by atoms with E-state index in [1.807, 2.05) is 13.8 Å². The summed E-state index contributed by atoms with van der Waals surface area (Å²) < 4.78 is 0. The second-order valence-electron chi connectivity index (χ2n) is 3.16. The first-order valence-electron chi connectivity index (χ1n) is 4.26. The zero-order chi connectivity index (χ0) is 10.7. The van der Waals surface area contributed by atoms with E-state index in [1.165, 1.54) is 12.3 Å². The van der Waals surface area contributed by atoms with Crippen molar-refractivity contribution in [3.05, 3.63) is 34.1 Å². The highest BCUT2D eigenvalue weighted by Crippen LogP contribution is 2.23. The number of rotatable bonds is 3. The van der Waals surface area contributed by atoms with Crippen LogP contribution in [0.4, 0.5) is 5.69 Å². The van der Waals surface area contributed by atoms with Crippen molar-refractivity contribution in [1.82, 2.24) is 4.98 Å². The Balaban J connectivity index is 2.88. The van der Waals surface area contributed by atoms with Crippen LogP contribution in [0.1, 0.15) is 25.5 Å². The van der Waals surface area contributed by atoms with Gasteiger partial charge in [-0.05, 0) is 6.07 Å². The van der Waals surface area contributed by atoms with Gasteiger partial charge in [-0.3, -0.25) is 15.1 Å². The number of pyridine rings is 1. The van der Waals surface area contributed by atoms with Crippen LogP contribution in [0, 0.1) is 10.1 Å². The molecule has 1 aromatic rings. The molecule has 1 aromatic heterocycles. The lowest BCUT2D eigenvalue weighted by Crippen LogP contribution is -2.06. The molecule has 0 saturated carbocycles. The van der Waals surface area contributed by atoms with Crippen LogP contribution in [0.2, 0.25) is 0 Å². The second-order valence-corrected chi connectivity index (χ2v) is 4.61. The predicted molar refractivity (Wildman–Crippen MR) is 57.7 cm³/mol. The van der Waals surface area contributed by atoms with E-state index < -0.39 is 4.92 Å². The number of alkyl halides is 1. The smallest absolute Gasteiger partial charge is 0.258 e. The van der Waals surface area contributed by atoms with Gasteiger partial charge in [0, 0.05) is 22.5 Å². The minimum Gasteiger partial charge on any atom is -0.258 e. The van der Waals surface area contributed by atoms with Gasteiger partial charge in [-0.2, -0.15) is 0 Å². The third-order valence-corrected chi connectivity index (χ3v) is 2.93. The summed E-state index contributed by atoms with van der Waals surface area (Å²) in [5, 5.41) is 10.4. The highest BCUT2D eigenvalue weighted by atomic mass is 79.9. The van der Waals surface area contributed by atoms with Crippen LogP contribution >= 0.6 is 15.9 Å². The van der Waals surface area contributed by atoms with Crippen molar-refractivity contribution in [3.63, 3.8) is 0 Å². The van der Waals surface area contributed by atoms with Crippen molar-refractivity contribution in [1.29, 1.82) is 0 Å². The molecule has 0 aliphatic rings. The first-order valence-corrected chi connectivity index (χ1v) is 5.18. The Labute approximate surface area is 90.6 Å². The Morgan fingerprint density at radius 2 is 2.14 bits per heavy atom. The van der Waals surface area contributed by atoms with Crippen LogP contribution in [0.5, 0.6) is 0 Å². The van der Waals surface area contributed by atoms with E-state index >= 15 is 0 Å². The molecule has 0 aliphatic carbocycles. The van der Waals surface area contributed by atoms with Gasteiger partial charge in [0.2, 0.25) is 0 Å². The summed E-state index contributed by atoms with van der Waals surface area (Å²) in [4.78, 5) is 14.3. The van der Waals surface area contributed by atoms with Crippen molar-refractivity contribution in [2.24, 2.45) is 0 Å². The van der Waals surface area contributed by atoms with E-state index in [4.69, 9.17) is 0 Å². The molecule has 0 aromatic carbocycles. The first kappa shape index (κ1) is 11.1. The van der Waals surface area contributed by atoms with Gasteiger partial charge in [-0.15, -0.1) is 0 Å². The molecule has 1 heterocycles. The number of hydrogen-bond acceptors (Lipinski definition) is 3. The number of nitrogens with zero attached hydrogens (tertiary/aromatic N) is 2. The molecule has 5 heteroatoms. The fourth-order valence-electron chi connectivity index (χ4n) is 1.01. The minimum absolute atomic E-state index is 0.0307. The third kappa shape index (κ3) is 2.51. The van der Waals surface area contributed by atoms with E-state index in [0.717, 1.165) is 5.69 Å². The van der Waals surface area contributed by atoms with Crippen molar-refractivity contribution in [3.8, 4) is 0 Å². The quantitative estimate of drug-likeness (QED) is 0.476. The van der Waals surface area contributed by atoms with Gasteiger partial charge in [0.15, 0.2) is 0 Å². The lowest BCUT2D eigenvalue weighted by atomic mass is 10.0. The van der Waals surface area contributed by atoms with Crippen LogP contribution in [0.3, 0.4) is 0 Å². The summed E-state index contributed by atoms with van der Waals surface area (Å²) in [5.74, 6) is 0.246. The van der Waals surface area contributed by atoms with E-state index in [0.29, 0.717) is 4.83 Å². The maximum absolute atomic E-state index is 10.4. The monoisotopic (exact) mass is 258 g/mol. The zero-order valence-corrected chi connectivity index (χ0v) is 9.56. The molecule has 0 saturated heterocycles. The van der Waals surface area contributed by atoms with E-state index in [2.05, 4.69) is 20.9 Å². The fourth-order valence-corrected chi connectivity index (χ4v) is 1.28. The predicted octanol–water partition coefficient (Wildman–Crippen LogP) is 2.88. The molecule has 0 bridgehead atoms. The topological polar surface area (TPSA) is 56.0 Å². The van der Waals surface area contributed by atoms with Gasteiger partial charge >= 0.3 is 0 Å². The van der Waals surface area contributed by atoms with Crippen LogP contribution in [-0.2, 0) is 0 Å². The van der Waals surface area contributed by atoms with Gasteiger partial charge < -0.3 is 0 Å². The minimum atomic E-state index is -0.445. The van der Waals surface area contributed by atoms with Gasteiger partial charge in [0.25, 0.3) is 5.69 Å². The molecule has 14 heavy (non-hydrogen) atoms. The van der Waals surface area contributed by atoms with Gasteiger partial charge in [0.05, 0.1) is 4.92 Å². The number of nitro groups is 1. The van der Waals surface area contributed by atoms with Crippen LogP contribution in [0.25, 0.3) is 0 Å². The summed E-state index contributed by atoms with van der Waals surface area (Å²) in [6.07, 6.45) is 1.29. The third-order valence-electron chi connectivity index (χ3n) is 2.14. The van der Waals surface area contributed by atoms with Crippen molar-refractivity contribution >= 4 is 21.6 Å². The molecule has 0 spiro atoms. The fraction of sp³-hybridized carbons (Fsp3) is 0.444. The van der Waals surface area contributed by atoms with Crippen molar-refractivity contribution in [2.45, 2.75) is 24.6 Å². The second kappa shape index (κ2) is 4.50. The van der Waals surface area contributed by atoms with Crippen LogP contribution in [0.15, 0.2) is 18.3 Å². The molecular weight excluding hydrogens is 248 g/mol. The average Bonchev–Trinajstić information content (AvgIpc) is 2.16. The molecule has 1 rings (SSSR count). The Morgan fingerprint density at radius 1 is 1.50 bits per heavy atom. The summed E-state index contributed by atoms with van der Waals surface area (Å²) in [5.41, 5.74) is 0.892. The zero-order valence-electron chi connectivity index (χ0n) is 7.98. The van der Waals surface area contributed by atoms with Crippen LogP contribution < -0.4 is 0 Å². The first-order chi connectivity index (χ1) is 6.52. The number of aromatic nitrogens is 1. The molecule has 0 N–H and O–H groups in total. The molecule has 4 nitrogen and oxygen atoms in total. The number of halogens is 1. The van der Waals surface area contributed by atoms with Gasteiger partial charge in [0.1, 0.15) is 6.20 Å². The maximum Gasteiger partial charge on any atom is 0.287 e. The molecular formula is C9H11BrN2O2. The normalized spacial score (nSPS) is 14.8. The largest absolute Gasteiger partial charge is 0.287 e. The Bertz CT molecular complexity index is 324. The van der Waals surface area contributed by atoms with E-state index in [1.54, 1.807) is 6.07 Å². The van der Waals surface area contributed by atoms with E-state index in [-0.39, 0.29) is 11.6 Å². The Hall–Kier alpha value is -0.970. The van der Waals surface area contributed by atoms with Gasteiger partial charge in [-0.25, -0.2) is 0 Å². The van der Waals surface area contributed by atoms with Crippen molar-refractivity contribution in [2.75, 3.05) is 0 Å².